The first-order valence-corrected chi connectivity index (χ1v) is 9.33. The van der Waals surface area contributed by atoms with Gasteiger partial charge in [-0.3, -0.25) is 9.20 Å². The van der Waals surface area contributed by atoms with Crippen LogP contribution in [0, 0.1) is 6.92 Å². The number of benzene rings is 1. The Bertz CT molecular complexity index is 1390. The van der Waals surface area contributed by atoms with Crippen molar-refractivity contribution in [2.75, 3.05) is 5.32 Å². The van der Waals surface area contributed by atoms with Gasteiger partial charge < -0.3 is 5.32 Å². The maximum atomic E-state index is 12.8. The van der Waals surface area contributed by atoms with Crippen LogP contribution in [0.2, 0.25) is 5.02 Å². The van der Waals surface area contributed by atoms with Gasteiger partial charge in [0.25, 0.3) is 5.91 Å². The molecule has 0 saturated carbocycles. The zero-order chi connectivity index (χ0) is 20.0. The number of fused-ring (bicyclic) bond motifs is 2. The molecular formula is C21H15ClN6O. The number of carbonyl (C=O) groups excluding carboxylic acids is 1. The lowest BCUT2D eigenvalue weighted by atomic mass is 10.1. The molecule has 8 heteroatoms. The number of hydrogen-bond donors (Lipinski definition) is 1. The van der Waals surface area contributed by atoms with Crippen LogP contribution in [0.4, 0.5) is 5.69 Å². The third-order valence-corrected chi connectivity index (χ3v) is 4.91. The molecule has 1 N–H and O–H groups in total. The highest BCUT2D eigenvalue weighted by Crippen LogP contribution is 2.25. The van der Waals surface area contributed by atoms with Gasteiger partial charge in [-0.1, -0.05) is 29.8 Å². The van der Waals surface area contributed by atoms with Gasteiger partial charge in [0.2, 0.25) is 0 Å². The normalized spacial score (nSPS) is 11.2. The van der Waals surface area contributed by atoms with E-state index in [2.05, 4.69) is 20.4 Å². The fourth-order valence-electron chi connectivity index (χ4n) is 3.16. The predicted molar refractivity (Wildman–Crippen MR) is 111 cm³/mol. The van der Waals surface area contributed by atoms with Crippen molar-refractivity contribution in [1.82, 2.24) is 24.0 Å². The minimum Gasteiger partial charge on any atom is -0.320 e. The lowest BCUT2D eigenvalue weighted by Gasteiger charge is -2.09. The average molecular weight is 403 g/mol. The molecule has 5 aromatic rings. The van der Waals surface area contributed by atoms with Crippen LogP contribution < -0.4 is 5.32 Å². The molecule has 1 amide bonds. The van der Waals surface area contributed by atoms with E-state index in [0.29, 0.717) is 27.9 Å². The number of hydrogen-bond acceptors (Lipinski definition) is 4. The number of aromatic nitrogens is 5. The zero-order valence-corrected chi connectivity index (χ0v) is 16.1. The van der Waals surface area contributed by atoms with E-state index in [0.717, 1.165) is 16.8 Å². The van der Waals surface area contributed by atoms with E-state index in [1.165, 1.54) is 0 Å². The van der Waals surface area contributed by atoms with E-state index < -0.39 is 0 Å². The Morgan fingerprint density at radius 3 is 2.90 bits per heavy atom. The number of imidazole rings is 1. The summed E-state index contributed by atoms with van der Waals surface area (Å²) in [4.78, 5) is 21.6. The van der Waals surface area contributed by atoms with E-state index in [1.54, 1.807) is 33.4 Å². The number of pyridine rings is 2. The molecule has 0 spiro atoms. The molecular weight excluding hydrogens is 388 g/mol. The molecule has 0 atom stereocenters. The van der Waals surface area contributed by atoms with Gasteiger partial charge in [-0.15, -0.1) is 5.10 Å². The summed E-state index contributed by atoms with van der Waals surface area (Å²) >= 11 is 6.02. The lowest BCUT2D eigenvalue weighted by Crippen LogP contribution is -2.15. The molecule has 7 nitrogen and oxygen atoms in total. The smallest absolute Gasteiger partial charge is 0.274 e. The fourth-order valence-corrected chi connectivity index (χ4v) is 3.32. The Labute approximate surface area is 170 Å². The molecule has 4 aromatic heterocycles. The van der Waals surface area contributed by atoms with Gasteiger partial charge in [-0.25, -0.2) is 14.5 Å². The first kappa shape index (κ1) is 17.4. The number of nitrogens with zero attached hydrogens (tertiary/aromatic N) is 5. The summed E-state index contributed by atoms with van der Waals surface area (Å²) < 4.78 is 3.39. The Balaban J connectivity index is 1.49. The van der Waals surface area contributed by atoms with Crippen LogP contribution >= 0.6 is 11.6 Å². The Morgan fingerprint density at radius 2 is 2.00 bits per heavy atom. The van der Waals surface area contributed by atoms with Crippen molar-refractivity contribution in [1.29, 1.82) is 0 Å². The second-order valence-electron chi connectivity index (χ2n) is 6.64. The van der Waals surface area contributed by atoms with E-state index in [4.69, 9.17) is 11.6 Å². The highest BCUT2D eigenvalue weighted by Gasteiger charge is 2.15. The molecule has 0 fully saturated rings. The Morgan fingerprint density at radius 1 is 1.10 bits per heavy atom. The van der Waals surface area contributed by atoms with Crippen molar-refractivity contribution in [3.63, 3.8) is 0 Å². The topological polar surface area (TPSA) is 76.6 Å². The van der Waals surface area contributed by atoms with E-state index in [9.17, 15) is 4.79 Å². The maximum Gasteiger partial charge on any atom is 0.274 e. The van der Waals surface area contributed by atoms with Gasteiger partial charge in [-0.2, -0.15) is 0 Å². The van der Waals surface area contributed by atoms with Gasteiger partial charge >= 0.3 is 0 Å². The molecule has 0 aliphatic rings. The van der Waals surface area contributed by atoms with Crippen LogP contribution in [0.25, 0.3) is 22.7 Å². The lowest BCUT2D eigenvalue weighted by molar-refractivity contribution is 0.102. The van der Waals surface area contributed by atoms with Crippen LogP contribution in [-0.4, -0.2) is 29.9 Å². The number of amides is 1. The number of rotatable bonds is 3. The van der Waals surface area contributed by atoms with E-state index in [-0.39, 0.29) is 5.91 Å². The molecule has 4 heterocycles. The molecule has 0 aliphatic carbocycles. The van der Waals surface area contributed by atoms with Crippen molar-refractivity contribution in [3.8, 4) is 11.4 Å². The van der Waals surface area contributed by atoms with Crippen molar-refractivity contribution in [2.45, 2.75) is 6.92 Å². The van der Waals surface area contributed by atoms with E-state index >= 15 is 0 Å². The van der Waals surface area contributed by atoms with Crippen molar-refractivity contribution in [2.24, 2.45) is 0 Å². The highest BCUT2D eigenvalue weighted by atomic mass is 35.5. The molecule has 0 aliphatic heterocycles. The van der Waals surface area contributed by atoms with Gasteiger partial charge in [0.1, 0.15) is 11.3 Å². The van der Waals surface area contributed by atoms with Crippen LogP contribution in [0.1, 0.15) is 16.1 Å². The fraction of sp³-hybridized carbons (Fsp3) is 0.0476. The highest BCUT2D eigenvalue weighted by molar-refractivity contribution is 6.30. The third kappa shape index (κ3) is 3.11. The molecule has 0 unspecified atom stereocenters. The molecule has 0 radical (unpaired) electrons. The number of carbonyl (C=O) groups is 1. The van der Waals surface area contributed by atoms with Crippen molar-refractivity contribution >= 4 is 34.5 Å². The summed E-state index contributed by atoms with van der Waals surface area (Å²) in [6.45, 7) is 1.94. The summed E-state index contributed by atoms with van der Waals surface area (Å²) in [6.07, 6.45) is 5.08. The van der Waals surface area contributed by atoms with E-state index in [1.807, 2.05) is 49.5 Å². The summed E-state index contributed by atoms with van der Waals surface area (Å²) in [7, 11) is 0. The number of nitrogens with one attached hydrogen (secondary N) is 1. The molecule has 29 heavy (non-hydrogen) atoms. The second kappa shape index (κ2) is 6.72. The minimum atomic E-state index is -0.237. The largest absolute Gasteiger partial charge is 0.320 e. The van der Waals surface area contributed by atoms with Gasteiger partial charge in [0.05, 0.1) is 11.2 Å². The van der Waals surface area contributed by atoms with Crippen molar-refractivity contribution < 1.29 is 4.79 Å². The maximum absolute atomic E-state index is 12.8. The van der Waals surface area contributed by atoms with Crippen LogP contribution in [0.15, 0.2) is 67.1 Å². The van der Waals surface area contributed by atoms with Gasteiger partial charge in [-0.05, 0) is 42.8 Å². The summed E-state index contributed by atoms with van der Waals surface area (Å²) in [6, 6.07) is 14.9. The Hall–Kier alpha value is -3.71. The molecule has 1 aromatic carbocycles. The summed E-state index contributed by atoms with van der Waals surface area (Å²) in [5.41, 5.74) is 4.30. The van der Waals surface area contributed by atoms with Crippen LogP contribution in [-0.2, 0) is 0 Å². The first-order chi connectivity index (χ1) is 14.1. The van der Waals surface area contributed by atoms with Gasteiger partial charge in [0, 0.05) is 23.6 Å². The van der Waals surface area contributed by atoms with Gasteiger partial charge in [0.15, 0.2) is 11.5 Å². The molecule has 0 saturated heterocycles. The van der Waals surface area contributed by atoms with Crippen LogP contribution in [0.3, 0.4) is 0 Å². The number of anilines is 1. The molecule has 5 rings (SSSR count). The standard InChI is InChI=1S/C21H15ClN6O/c1-13-5-6-14(20-25-19-8-7-15(22)12-28(19)26-20)10-16(13)24-21(29)17-11-23-18-4-2-3-9-27(17)18/h2-12H,1H3,(H,24,29). The molecule has 0 bridgehead atoms. The average Bonchev–Trinajstić information content (AvgIpc) is 3.33. The number of halogens is 1. The summed E-state index contributed by atoms with van der Waals surface area (Å²) in [5, 5.41) is 8.04. The quantitative estimate of drug-likeness (QED) is 0.489. The van der Waals surface area contributed by atoms with Crippen LogP contribution in [0.5, 0.6) is 0 Å². The predicted octanol–water partition coefficient (Wildman–Crippen LogP) is 4.26. The SMILES string of the molecule is Cc1ccc(-c2nc3ccc(Cl)cn3n2)cc1NC(=O)c1cnc2ccccn12. The zero-order valence-electron chi connectivity index (χ0n) is 15.4. The monoisotopic (exact) mass is 402 g/mol. The minimum absolute atomic E-state index is 0.237. The third-order valence-electron chi connectivity index (χ3n) is 4.69. The summed E-state index contributed by atoms with van der Waals surface area (Å²) in [5.74, 6) is 0.316. The molecule has 142 valence electrons. The van der Waals surface area contributed by atoms with Crippen molar-refractivity contribution in [3.05, 3.63) is 83.4 Å². The number of aryl methyl sites for hydroxylation is 1. The second-order valence-corrected chi connectivity index (χ2v) is 7.08. The Kier molecular flexibility index (Phi) is 4.03. The first-order valence-electron chi connectivity index (χ1n) is 8.95.